The highest BCUT2D eigenvalue weighted by Gasteiger charge is 2.13. The van der Waals surface area contributed by atoms with Crippen LogP contribution < -0.4 is 0 Å². The maximum absolute atomic E-state index is 4.66. The second-order valence-corrected chi connectivity index (χ2v) is 4.98. The second kappa shape index (κ2) is 3.93. The van der Waals surface area contributed by atoms with Crippen LogP contribution in [0.5, 0.6) is 0 Å². The molecule has 0 atom stereocenters. The van der Waals surface area contributed by atoms with Crippen molar-refractivity contribution in [3.8, 4) is 0 Å². The van der Waals surface area contributed by atoms with Crippen molar-refractivity contribution in [1.82, 2.24) is 19.8 Å². The molecule has 0 aliphatic carbocycles. The highest BCUT2D eigenvalue weighted by Crippen LogP contribution is 2.21. The van der Waals surface area contributed by atoms with Gasteiger partial charge in [-0.25, -0.2) is 0 Å². The molecule has 4 rings (SSSR count). The molecule has 0 N–H and O–H groups in total. The number of hydrogen-bond donors (Lipinski definition) is 0. The smallest absolute Gasteiger partial charge is 0.0948 e. The minimum atomic E-state index is 0.990. The van der Waals surface area contributed by atoms with Crippen LogP contribution in [-0.2, 0) is 0 Å². The van der Waals surface area contributed by atoms with Crippen molar-refractivity contribution in [2.75, 3.05) is 0 Å². The molecule has 20 heavy (non-hydrogen) atoms. The third kappa shape index (κ3) is 1.42. The maximum atomic E-state index is 4.66. The fourth-order valence-corrected chi connectivity index (χ4v) is 2.67. The van der Waals surface area contributed by atoms with E-state index in [0.29, 0.717) is 0 Å². The number of fused-ring (bicyclic) bond motifs is 2. The van der Waals surface area contributed by atoms with Crippen molar-refractivity contribution < 1.29 is 0 Å². The quantitative estimate of drug-likeness (QED) is 0.527. The summed E-state index contributed by atoms with van der Waals surface area (Å²) < 4.78 is 0. The Morgan fingerprint density at radius 2 is 1.05 bits per heavy atom. The Hall–Kier alpha value is -2.62. The first-order chi connectivity index (χ1) is 9.75. The second-order valence-electron chi connectivity index (χ2n) is 4.98. The molecule has 0 saturated heterocycles. The molecular weight excluding hydrogens is 248 g/mol. The molecule has 0 aliphatic rings. The minimum Gasteiger partial charge on any atom is -0.155 e. The van der Waals surface area contributed by atoms with E-state index < -0.39 is 0 Å². The van der Waals surface area contributed by atoms with Crippen LogP contribution in [0.2, 0.25) is 0 Å². The van der Waals surface area contributed by atoms with Gasteiger partial charge in [0.25, 0.3) is 0 Å². The van der Waals surface area contributed by atoms with Crippen molar-refractivity contribution in [2.24, 2.45) is 0 Å². The topological polar surface area (TPSA) is 35.6 Å². The Balaban J connectivity index is 2.06. The van der Waals surface area contributed by atoms with Gasteiger partial charge in [-0.1, -0.05) is 36.4 Å². The summed E-state index contributed by atoms with van der Waals surface area (Å²) in [6.07, 6.45) is 0. The fraction of sp³-hybridized carbons (Fsp3) is 0.125. The van der Waals surface area contributed by atoms with E-state index >= 15 is 0 Å². The molecule has 0 fully saturated rings. The molecule has 4 aromatic rings. The lowest BCUT2D eigenvalue weighted by Crippen LogP contribution is -2.15. The number of aryl methyl sites for hydroxylation is 2. The maximum Gasteiger partial charge on any atom is 0.0948 e. The van der Waals surface area contributed by atoms with Crippen LogP contribution in [0.1, 0.15) is 11.4 Å². The number of hydrogen-bond acceptors (Lipinski definition) is 2. The number of aromatic nitrogens is 4. The fourth-order valence-electron chi connectivity index (χ4n) is 2.67. The summed E-state index contributed by atoms with van der Waals surface area (Å²) in [5.41, 5.74) is 4.17. The molecule has 0 saturated carbocycles. The van der Waals surface area contributed by atoms with E-state index in [1.165, 1.54) is 0 Å². The first-order valence-electron chi connectivity index (χ1n) is 6.65. The lowest BCUT2D eigenvalue weighted by atomic mass is 10.2. The van der Waals surface area contributed by atoms with E-state index in [2.05, 4.69) is 36.2 Å². The summed E-state index contributed by atoms with van der Waals surface area (Å²) in [6.45, 7) is 4.14. The number of benzene rings is 2. The summed E-state index contributed by atoms with van der Waals surface area (Å²) in [5.74, 6) is 0. The predicted octanol–water partition coefficient (Wildman–Crippen LogP) is 3.31. The number of rotatable bonds is 1. The zero-order valence-corrected chi connectivity index (χ0v) is 11.4. The van der Waals surface area contributed by atoms with Crippen molar-refractivity contribution in [2.45, 2.75) is 13.8 Å². The first-order valence-corrected chi connectivity index (χ1v) is 6.65. The van der Waals surface area contributed by atoms with E-state index in [1.807, 2.05) is 46.0 Å². The van der Waals surface area contributed by atoms with E-state index in [1.54, 1.807) is 0 Å². The highest BCUT2D eigenvalue weighted by atomic mass is 15.7. The molecule has 2 aromatic carbocycles. The molecule has 4 nitrogen and oxygen atoms in total. The Labute approximate surface area is 116 Å². The zero-order chi connectivity index (χ0) is 13.7. The Morgan fingerprint density at radius 1 is 0.650 bits per heavy atom. The van der Waals surface area contributed by atoms with Crippen molar-refractivity contribution in [3.05, 3.63) is 59.9 Å². The van der Waals surface area contributed by atoms with Gasteiger partial charge in [-0.2, -0.15) is 19.8 Å². The monoisotopic (exact) mass is 262 g/mol. The largest absolute Gasteiger partial charge is 0.155 e. The van der Waals surface area contributed by atoms with Crippen molar-refractivity contribution in [1.29, 1.82) is 0 Å². The Kier molecular flexibility index (Phi) is 2.21. The Morgan fingerprint density at radius 3 is 1.45 bits per heavy atom. The molecule has 98 valence electrons. The van der Waals surface area contributed by atoms with E-state index in [4.69, 9.17) is 0 Å². The van der Waals surface area contributed by atoms with Crippen LogP contribution in [0.15, 0.2) is 48.5 Å². The molecule has 0 amide bonds. The number of nitrogens with zero attached hydrogens (tertiary/aromatic N) is 4. The molecule has 0 bridgehead atoms. The Bertz CT molecular complexity index is 852. The van der Waals surface area contributed by atoms with Gasteiger partial charge < -0.3 is 0 Å². The molecule has 2 heterocycles. The average Bonchev–Trinajstić information content (AvgIpc) is 2.98. The zero-order valence-electron chi connectivity index (χ0n) is 11.4. The van der Waals surface area contributed by atoms with Gasteiger partial charge in [0, 0.05) is 10.8 Å². The molecule has 0 spiro atoms. The molecule has 2 aromatic heterocycles. The van der Waals surface area contributed by atoms with Gasteiger partial charge in [0.2, 0.25) is 0 Å². The third-order valence-electron chi connectivity index (χ3n) is 3.77. The summed E-state index contributed by atoms with van der Waals surface area (Å²) in [7, 11) is 0. The first kappa shape index (κ1) is 11.2. The van der Waals surface area contributed by atoms with E-state index in [9.17, 15) is 0 Å². The summed E-state index contributed by atoms with van der Waals surface area (Å²) in [5, 5.41) is 11.6. The van der Waals surface area contributed by atoms with E-state index in [-0.39, 0.29) is 0 Å². The van der Waals surface area contributed by atoms with Crippen LogP contribution in [0.25, 0.3) is 21.8 Å². The van der Waals surface area contributed by atoms with Crippen molar-refractivity contribution >= 4 is 21.8 Å². The molecule has 4 heteroatoms. The lowest BCUT2D eigenvalue weighted by Gasteiger charge is -2.05. The van der Waals surface area contributed by atoms with Crippen LogP contribution in [0, 0.1) is 13.8 Å². The molecular formula is C16H14N4. The van der Waals surface area contributed by atoms with Gasteiger partial charge in [-0.05, 0) is 26.0 Å². The highest BCUT2D eigenvalue weighted by molar-refractivity contribution is 5.82. The SMILES string of the molecule is Cc1c2ccccc2nn1-n1nc2ccccc2c1C. The van der Waals surface area contributed by atoms with Crippen LogP contribution in [0.3, 0.4) is 0 Å². The average molecular weight is 262 g/mol. The standard InChI is InChI=1S/C16H14N4/c1-11-13-7-3-5-9-15(13)17-19(11)20-12(2)14-8-4-6-10-16(14)18-20/h3-10H,1-2H3. The molecule has 0 aliphatic heterocycles. The van der Waals surface area contributed by atoms with Gasteiger partial charge >= 0.3 is 0 Å². The minimum absolute atomic E-state index is 0.990. The molecule has 0 radical (unpaired) electrons. The summed E-state index contributed by atoms with van der Waals surface area (Å²) >= 11 is 0. The van der Waals surface area contributed by atoms with Gasteiger partial charge in [0.15, 0.2) is 0 Å². The van der Waals surface area contributed by atoms with Gasteiger partial charge in [-0.3, -0.25) is 0 Å². The molecule has 0 unspecified atom stereocenters. The summed E-state index contributed by atoms with van der Waals surface area (Å²) in [6, 6.07) is 16.3. The van der Waals surface area contributed by atoms with Gasteiger partial charge in [0.05, 0.1) is 22.4 Å². The normalized spacial score (nSPS) is 11.5. The van der Waals surface area contributed by atoms with Crippen LogP contribution >= 0.6 is 0 Å². The third-order valence-corrected chi connectivity index (χ3v) is 3.77. The summed E-state index contributed by atoms with van der Waals surface area (Å²) in [4.78, 5) is 3.75. The lowest BCUT2D eigenvalue weighted by molar-refractivity contribution is 0.492. The van der Waals surface area contributed by atoms with Gasteiger partial charge in [0.1, 0.15) is 0 Å². The predicted molar refractivity (Wildman–Crippen MR) is 79.7 cm³/mol. The van der Waals surface area contributed by atoms with E-state index in [0.717, 1.165) is 33.2 Å². The van der Waals surface area contributed by atoms with Crippen LogP contribution in [0.4, 0.5) is 0 Å². The van der Waals surface area contributed by atoms with Crippen molar-refractivity contribution in [3.63, 3.8) is 0 Å². The van der Waals surface area contributed by atoms with Crippen LogP contribution in [-0.4, -0.2) is 19.8 Å². The van der Waals surface area contributed by atoms with Gasteiger partial charge in [-0.15, -0.1) is 0 Å².